The zero-order chi connectivity index (χ0) is 13.8. The summed E-state index contributed by atoms with van der Waals surface area (Å²) in [4.78, 5) is 0.170. The standard InChI is InChI=1S/C14H11FINOS/c15-12-7-10(14(17)19)3-6-13(12)18-8-9-1-4-11(16)5-2-9/h1-7H,8H2,(H2,17,19). The van der Waals surface area contributed by atoms with Gasteiger partial charge in [0.25, 0.3) is 0 Å². The molecular weight excluding hydrogens is 376 g/mol. The first-order chi connectivity index (χ1) is 9.06. The highest BCUT2D eigenvalue weighted by molar-refractivity contribution is 14.1. The normalized spacial score (nSPS) is 10.2. The highest BCUT2D eigenvalue weighted by Gasteiger charge is 2.06. The maximum absolute atomic E-state index is 13.7. The van der Waals surface area contributed by atoms with Crippen LogP contribution in [0.15, 0.2) is 42.5 Å². The first kappa shape index (κ1) is 14.2. The number of benzene rings is 2. The topological polar surface area (TPSA) is 35.2 Å². The summed E-state index contributed by atoms with van der Waals surface area (Å²) in [6.07, 6.45) is 0. The van der Waals surface area contributed by atoms with Crippen LogP contribution in [0, 0.1) is 9.39 Å². The third-order valence-electron chi connectivity index (χ3n) is 2.52. The number of ether oxygens (including phenoxy) is 1. The summed E-state index contributed by atoms with van der Waals surface area (Å²) in [7, 11) is 0. The Balaban J connectivity index is 2.07. The van der Waals surface area contributed by atoms with Gasteiger partial charge in [-0.15, -0.1) is 0 Å². The fourth-order valence-electron chi connectivity index (χ4n) is 1.51. The van der Waals surface area contributed by atoms with E-state index in [9.17, 15) is 4.39 Å². The van der Waals surface area contributed by atoms with Crippen molar-refractivity contribution in [1.82, 2.24) is 0 Å². The minimum Gasteiger partial charge on any atom is -0.486 e. The van der Waals surface area contributed by atoms with Crippen LogP contribution >= 0.6 is 34.8 Å². The molecule has 2 aromatic rings. The molecule has 0 aliphatic heterocycles. The van der Waals surface area contributed by atoms with Crippen molar-refractivity contribution in [3.8, 4) is 5.75 Å². The van der Waals surface area contributed by atoms with Gasteiger partial charge in [-0.1, -0.05) is 24.4 Å². The Labute approximate surface area is 129 Å². The lowest BCUT2D eigenvalue weighted by molar-refractivity contribution is 0.290. The van der Waals surface area contributed by atoms with Crippen molar-refractivity contribution in [2.45, 2.75) is 6.61 Å². The molecule has 0 aliphatic carbocycles. The van der Waals surface area contributed by atoms with Crippen molar-refractivity contribution >= 4 is 39.8 Å². The molecule has 0 saturated carbocycles. The van der Waals surface area contributed by atoms with Gasteiger partial charge >= 0.3 is 0 Å². The highest BCUT2D eigenvalue weighted by Crippen LogP contribution is 2.20. The van der Waals surface area contributed by atoms with Gasteiger partial charge in [-0.25, -0.2) is 4.39 Å². The lowest BCUT2D eigenvalue weighted by Crippen LogP contribution is -2.09. The van der Waals surface area contributed by atoms with Crippen molar-refractivity contribution in [3.05, 3.63) is 63.0 Å². The van der Waals surface area contributed by atoms with Gasteiger partial charge in [0, 0.05) is 9.13 Å². The summed E-state index contributed by atoms with van der Waals surface area (Å²) >= 11 is 7.01. The number of nitrogens with two attached hydrogens (primary N) is 1. The van der Waals surface area contributed by atoms with Crippen LogP contribution in [-0.4, -0.2) is 4.99 Å². The van der Waals surface area contributed by atoms with Gasteiger partial charge in [0.1, 0.15) is 11.6 Å². The van der Waals surface area contributed by atoms with Crippen LogP contribution in [0.5, 0.6) is 5.75 Å². The zero-order valence-electron chi connectivity index (χ0n) is 9.90. The minimum atomic E-state index is -0.462. The van der Waals surface area contributed by atoms with Crippen LogP contribution in [0.2, 0.25) is 0 Å². The molecule has 5 heteroatoms. The monoisotopic (exact) mass is 387 g/mol. The molecule has 19 heavy (non-hydrogen) atoms. The molecule has 0 amide bonds. The number of rotatable bonds is 4. The van der Waals surface area contributed by atoms with Crippen molar-refractivity contribution < 1.29 is 9.13 Å². The lowest BCUT2D eigenvalue weighted by atomic mass is 10.2. The molecule has 2 N–H and O–H groups in total. The molecule has 0 saturated heterocycles. The van der Waals surface area contributed by atoms with E-state index >= 15 is 0 Å². The van der Waals surface area contributed by atoms with E-state index in [-0.39, 0.29) is 10.7 Å². The average Bonchev–Trinajstić information content (AvgIpc) is 2.39. The van der Waals surface area contributed by atoms with Crippen molar-refractivity contribution in [2.24, 2.45) is 5.73 Å². The van der Waals surface area contributed by atoms with Gasteiger partial charge in [-0.05, 0) is 58.5 Å². The second-order valence-corrected chi connectivity index (χ2v) is 5.61. The molecule has 0 fully saturated rings. The quantitative estimate of drug-likeness (QED) is 0.643. The summed E-state index contributed by atoms with van der Waals surface area (Å²) < 4.78 is 20.3. The fourth-order valence-corrected chi connectivity index (χ4v) is 2.00. The summed E-state index contributed by atoms with van der Waals surface area (Å²) in [6, 6.07) is 12.3. The molecule has 2 aromatic carbocycles. The molecule has 0 radical (unpaired) electrons. The summed E-state index contributed by atoms with van der Waals surface area (Å²) in [5.74, 6) is -0.269. The van der Waals surface area contributed by atoms with Gasteiger partial charge in [0.2, 0.25) is 0 Å². The summed E-state index contributed by atoms with van der Waals surface area (Å²) in [6.45, 7) is 0.320. The first-order valence-electron chi connectivity index (χ1n) is 5.53. The van der Waals surface area contributed by atoms with Crippen molar-refractivity contribution in [2.75, 3.05) is 0 Å². The molecule has 0 spiro atoms. The molecule has 0 unspecified atom stereocenters. The maximum Gasteiger partial charge on any atom is 0.165 e. The van der Waals surface area contributed by atoms with Gasteiger partial charge in [-0.2, -0.15) is 0 Å². The Kier molecular flexibility index (Phi) is 4.71. The molecule has 0 aromatic heterocycles. The van der Waals surface area contributed by atoms with E-state index in [2.05, 4.69) is 22.6 Å². The van der Waals surface area contributed by atoms with Crippen LogP contribution in [0.3, 0.4) is 0 Å². The van der Waals surface area contributed by atoms with Crippen molar-refractivity contribution in [1.29, 1.82) is 0 Å². The average molecular weight is 387 g/mol. The number of halogens is 2. The van der Waals surface area contributed by atoms with Crippen LogP contribution < -0.4 is 10.5 Å². The Morgan fingerprint density at radius 1 is 1.21 bits per heavy atom. The van der Waals surface area contributed by atoms with Crippen LogP contribution in [0.4, 0.5) is 4.39 Å². The van der Waals surface area contributed by atoms with Crippen LogP contribution in [-0.2, 0) is 6.61 Å². The van der Waals surface area contributed by atoms with E-state index < -0.39 is 5.82 Å². The van der Waals surface area contributed by atoms with E-state index in [1.165, 1.54) is 12.1 Å². The largest absolute Gasteiger partial charge is 0.486 e. The minimum absolute atomic E-state index is 0.170. The van der Waals surface area contributed by atoms with E-state index in [1.54, 1.807) is 6.07 Å². The maximum atomic E-state index is 13.7. The van der Waals surface area contributed by atoms with Gasteiger partial charge in [0.05, 0.1) is 0 Å². The third-order valence-corrected chi connectivity index (χ3v) is 3.48. The molecular formula is C14H11FINOS. The van der Waals surface area contributed by atoms with E-state index in [0.29, 0.717) is 12.2 Å². The number of hydrogen-bond acceptors (Lipinski definition) is 2. The molecule has 0 bridgehead atoms. The van der Waals surface area contributed by atoms with E-state index in [0.717, 1.165) is 9.13 Å². The van der Waals surface area contributed by atoms with Crippen molar-refractivity contribution in [3.63, 3.8) is 0 Å². The number of hydrogen-bond donors (Lipinski definition) is 1. The number of thiocarbonyl (C=S) groups is 1. The molecule has 0 heterocycles. The summed E-state index contributed by atoms with van der Waals surface area (Å²) in [5.41, 5.74) is 6.91. The second kappa shape index (κ2) is 6.29. The molecule has 0 aliphatic rings. The van der Waals surface area contributed by atoms with Crippen LogP contribution in [0.1, 0.15) is 11.1 Å². The predicted octanol–water partition coefficient (Wildman–Crippen LogP) is 3.64. The lowest BCUT2D eigenvalue weighted by Gasteiger charge is -2.08. The summed E-state index contributed by atoms with van der Waals surface area (Å²) in [5, 5.41) is 0. The highest BCUT2D eigenvalue weighted by atomic mass is 127. The Morgan fingerprint density at radius 2 is 1.89 bits per heavy atom. The molecule has 2 rings (SSSR count). The van der Waals surface area contributed by atoms with Crippen LogP contribution in [0.25, 0.3) is 0 Å². The fraction of sp³-hybridized carbons (Fsp3) is 0.0714. The molecule has 2 nitrogen and oxygen atoms in total. The second-order valence-electron chi connectivity index (χ2n) is 3.92. The third kappa shape index (κ3) is 3.87. The van der Waals surface area contributed by atoms with E-state index in [1.807, 2.05) is 24.3 Å². The van der Waals surface area contributed by atoms with Gasteiger partial charge in [0.15, 0.2) is 11.6 Å². The molecule has 0 atom stereocenters. The van der Waals surface area contributed by atoms with Gasteiger partial charge < -0.3 is 10.5 Å². The molecule has 98 valence electrons. The van der Waals surface area contributed by atoms with Gasteiger partial charge in [-0.3, -0.25) is 0 Å². The Hall–Kier alpha value is -1.21. The Morgan fingerprint density at radius 3 is 2.47 bits per heavy atom. The Bertz CT molecular complexity index is 601. The SMILES string of the molecule is NC(=S)c1ccc(OCc2ccc(I)cc2)c(F)c1. The first-order valence-corrected chi connectivity index (χ1v) is 7.01. The predicted molar refractivity (Wildman–Crippen MR) is 85.8 cm³/mol. The smallest absolute Gasteiger partial charge is 0.165 e. The van der Waals surface area contributed by atoms with E-state index in [4.69, 9.17) is 22.7 Å². The zero-order valence-corrected chi connectivity index (χ0v) is 12.9.